The Morgan fingerprint density at radius 3 is 2.55 bits per heavy atom. The molecule has 1 aliphatic heterocycles. The van der Waals surface area contributed by atoms with Crippen molar-refractivity contribution in [1.82, 2.24) is 19.4 Å². The molecule has 170 valence electrons. The van der Waals surface area contributed by atoms with Crippen LogP contribution in [0.4, 0.5) is 0 Å². The Morgan fingerprint density at radius 2 is 1.87 bits per heavy atom. The minimum atomic E-state index is -3.17. The first-order chi connectivity index (χ1) is 14.9. The summed E-state index contributed by atoms with van der Waals surface area (Å²) in [7, 11) is -3.17. The van der Waals surface area contributed by atoms with Gasteiger partial charge in [0, 0.05) is 31.7 Å². The number of carbonyl (C=O) groups is 1. The van der Waals surface area contributed by atoms with Crippen LogP contribution >= 0.6 is 0 Å². The number of para-hydroxylation sites is 1. The third-order valence-corrected chi connectivity index (χ3v) is 7.87. The van der Waals surface area contributed by atoms with Crippen molar-refractivity contribution in [3.05, 3.63) is 47.8 Å². The second-order valence-corrected chi connectivity index (χ2v) is 10.3. The summed E-state index contributed by atoms with van der Waals surface area (Å²) < 4.78 is 28.1. The highest BCUT2D eigenvalue weighted by molar-refractivity contribution is 7.89. The van der Waals surface area contributed by atoms with Crippen LogP contribution in [0.2, 0.25) is 0 Å². The van der Waals surface area contributed by atoms with Gasteiger partial charge in [-0.25, -0.2) is 17.4 Å². The number of sulfonamides is 1. The van der Waals surface area contributed by atoms with Crippen molar-refractivity contribution in [2.45, 2.75) is 52.4 Å². The van der Waals surface area contributed by atoms with E-state index in [1.54, 1.807) is 4.31 Å². The van der Waals surface area contributed by atoms with Gasteiger partial charge in [-0.05, 0) is 56.7 Å². The predicted octanol–water partition coefficient (Wildman–Crippen LogP) is 3.07. The number of hydrogen-bond acceptors (Lipinski definition) is 4. The number of amides is 1. The minimum Gasteiger partial charge on any atom is -0.356 e. The number of piperidine rings is 1. The fourth-order valence-corrected chi connectivity index (χ4v) is 5.62. The molecule has 2 aromatic rings. The van der Waals surface area contributed by atoms with Crippen molar-refractivity contribution >= 4 is 15.9 Å². The zero-order valence-corrected chi connectivity index (χ0v) is 19.4. The molecule has 0 radical (unpaired) electrons. The van der Waals surface area contributed by atoms with Crippen molar-refractivity contribution in [3.63, 3.8) is 0 Å². The van der Waals surface area contributed by atoms with Crippen LogP contribution in [0.5, 0.6) is 0 Å². The zero-order valence-electron chi connectivity index (χ0n) is 18.6. The Labute approximate surface area is 185 Å². The van der Waals surface area contributed by atoms with Crippen molar-refractivity contribution < 1.29 is 13.2 Å². The van der Waals surface area contributed by atoms with Crippen LogP contribution in [-0.4, -0.2) is 53.8 Å². The van der Waals surface area contributed by atoms with Gasteiger partial charge in [-0.2, -0.15) is 5.10 Å². The summed E-state index contributed by atoms with van der Waals surface area (Å²) in [5, 5.41) is 7.62. The highest BCUT2D eigenvalue weighted by atomic mass is 32.2. The summed E-state index contributed by atoms with van der Waals surface area (Å²) in [6, 6.07) is 10.0. The lowest BCUT2D eigenvalue weighted by atomic mass is 9.97. The topological polar surface area (TPSA) is 84.3 Å². The summed E-state index contributed by atoms with van der Waals surface area (Å²) in [6.07, 6.45) is 6.50. The smallest absolute Gasteiger partial charge is 0.223 e. The van der Waals surface area contributed by atoms with E-state index in [9.17, 15) is 13.2 Å². The molecule has 1 aromatic heterocycles. The highest BCUT2D eigenvalue weighted by Gasteiger charge is 2.30. The van der Waals surface area contributed by atoms with Gasteiger partial charge in [0.1, 0.15) is 0 Å². The molecular weight excluding hydrogens is 412 g/mol. The predicted molar refractivity (Wildman–Crippen MR) is 123 cm³/mol. The van der Waals surface area contributed by atoms with E-state index in [0.29, 0.717) is 38.9 Å². The van der Waals surface area contributed by atoms with Crippen LogP contribution in [0.25, 0.3) is 5.69 Å². The molecule has 7 nitrogen and oxygen atoms in total. The van der Waals surface area contributed by atoms with Crippen molar-refractivity contribution in [3.8, 4) is 5.69 Å². The van der Waals surface area contributed by atoms with Crippen LogP contribution in [0.3, 0.4) is 0 Å². The first-order valence-electron chi connectivity index (χ1n) is 11.3. The molecular formula is C23H34N4O3S. The Hall–Kier alpha value is -2.19. The van der Waals surface area contributed by atoms with E-state index in [1.165, 1.54) is 5.56 Å². The fraction of sp³-hybridized carbons (Fsp3) is 0.565. The molecule has 8 heteroatoms. The molecule has 0 atom stereocenters. The van der Waals surface area contributed by atoms with E-state index in [2.05, 4.69) is 16.6 Å². The fourth-order valence-electron chi connectivity index (χ4n) is 3.94. The zero-order chi connectivity index (χ0) is 22.3. The monoisotopic (exact) mass is 446 g/mol. The quantitative estimate of drug-likeness (QED) is 0.569. The molecule has 0 bridgehead atoms. The van der Waals surface area contributed by atoms with Gasteiger partial charge in [0.2, 0.25) is 15.9 Å². The first kappa shape index (κ1) is 23.5. The number of nitrogens with one attached hydrogen (secondary N) is 1. The number of carbonyl (C=O) groups excluding carboxylic acids is 1. The number of unbranched alkanes of at least 4 members (excludes halogenated alkanes) is 1. The Balaban J connectivity index is 1.40. The van der Waals surface area contributed by atoms with Gasteiger partial charge in [0.05, 0.1) is 17.1 Å². The standard InChI is InChI=1S/C23H34N4O3S/c1-3-4-17-31(29,30)26-15-12-20(13-16-26)23(28)24-14-8-9-21-18-27(25-19(21)2)22-10-6-5-7-11-22/h5-7,10-11,18,20H,3-4,8-9,12-17H2,1-2H3,(H,24,28). The molecule has 0 unspecified atom stereocenters. The molecule has 0 aliphatic carbocycles. The van der Waals surface area contributed by atoms with E-state index in [0.717, 1.165) is 30.6 Å². The number of benzene rings is 1. The molecule has 1 aliphatic rings. The van der Waals surface area contributed by atoms with Gasteiger partial charge in [-0.1, -0.05) is 31.5 Å². The maximum Gasteiger partial charge on any atom is 0.223 e. The van der Waals surface area contributed by atoms with Gasteiger partial charge < -0.3 is 5.32 Å². The maximum absolute atomic E-state index is 12.5. The average Bonchev–Trinajstić information content (AvgIpc) is 3.16. The molecule has 1 amide bonds. The van der Waals surface area contributed by atoms with Crippen LogP contribution < -0.4 is 5.32 Å². The van der Waals surface area contributed by atoms with E-state index in [-0.39, 0.29) is 17.6 Å². The van der Waals surface area contributed by atoms with Gasteiger partial charge in [0.25, 0.3) is 0 Å². The molecule has 1 N–H and O–H groups in total. The average molecular weight is 447 g/mol. The Kier molecular flexibility index (Phi) is 8.26. The van der Waals surface area contributed by atoms with Crippen molar-refractivity contribution in [2.75, 3.05) is 25.4 Å². The molecule has 1 fully saturated rings. The third kappa shape index (κ3) is 6.40. The van der Waals surface area contributed by atoms with Gasteiger partial charge >= 0.3 is 0 Å². The lowest BCUT2D eigenvalue weighted by Crippen LogP contribution is -2.43. The van der Waals surface area contributed by atoms with Gasteiger partial charge in [0.15, 0.2) is 0 Å². The normalized spacial score (nSPS) is 15.8. The second kappa shape index (κ2) is 10.9. The molecule has 3 rings (SSSR count). The molecule has 0 saturated carbocycles. The van der Waals surface area contributed by atoms with Crippen LogP contribution in [0, 0.1) is 12.8 Å². The van der Waals surface area contributed by atoms with Crippen molar-refractivity contribution in [2.24, 2.45) is 5.92 Å². The van der Waals surface area contributed by atoms with Gasteiger partial charge in [-0.3, -0.25) is 4.79 Å². The second-order valence-electron chi connectivity index (χ2n) is 8.26. The summed E-state index contributed by atoms with van der Waals surface area (Å²) in [4.78, 5) is 12.5. The number of nitrogens with zero attached hydrogens (tertiary/aromatic N) is 3. The maximum atomic E-state index is 12.5. The molecule has 1 saturated heterocycles. The SMILES string of the molecule is CCCCS(=O)(=O)N1CCC(C(=O)NCCCc2cn(-c3ccccc3)nc2C)CC1. The number of aryl methyl sites for hydroxylation is 2. The van der Waals surface area contributed by atoms with E-state index in [4.69, 9.17) is 0 Å². The number of hydrogen-bond donors (Lipinski definition) is 1. The molecule has 2 heterocycles. The Morgan fingerprint density at radius 1 is 1.16 bits per heavy atom. The lowest BCUT2D eigenvalue weighted by molar-refractivity contribution is -0.126. The van der Waals surface area contributed by atoms with E-state index >= 15 is 0 Å². The van der Waals surface area contributed by atoms with Crippen LogP contribution in [-0.2, 0) is 21.2 Å². The molecule has 31 heavy (non-hydrogen) atoms. The summed E-state index contributed by atoms with van der Waals surface area (Å²) in [5.41, 5.74) is 3.23. The van der Waals surface area contributed by atoms with Gasteiger partial charge in [-0.15, -0.1) is 0 Å². The molecule has 1 aromatic carbocycles. The van der Waals surface area contributed by atoms with Crippen LogP contribution in [0.15, 0.2) is 36.5 Å². The van der Waals surface area contributed by atoms with E-state index < -0.39 is 10.0 Å². The number of rotatable bonds is 10. The third-order valence-electron chi connectivity index (χ3n) is 5.92. The van der Waals surface area contributed by atoms with E-state index in [1.807, 2.05) is 48.9 Å². The summed E-state index contributed by atoms with van der Waals surface area (Å²) in [6.45, 7) is 5.51. The van der Waals surface area contributed by atoms with Crippen molar-refractivity contribution in [1.29, 1.82) is 0 Å². The van der Waals surface area contributed by atoms with Crippen LogP contribution in [0.1, 0.15) is 50.3 Å². The summed E-state index contributed by atoms with van der Waals surface area (Å²) in [5.74, 6) is 0.156. The number of aromatic nitrogens is 2. The first-order valence-corrected chi connectivity index (χ1v) is 12.9. The largest absolute Gasteiger partial charge is 0.356 e. The highest BCUT2D eigenvalue weighted by Crippen LogP contribution is 2.21. The minimum absolute atomic E-state index is 0.0438. The molecule has 0 spiro atoms. The Bertz CT molecular complexity index is 948. The summed E-state index contributed by atoms with van der Waals surface area (Å²) >= 11 is 0. The lowest BCUT2D eigenvalue weighted by Gasteiger charge is -2.30.